The molecule has 6 nitrogen and oxygen atoms in total. The first-order chi connectivity index (χ1) is 14.6. The van der Waals surface area contributed by atoms with Crippen LogP contribution in [0.5, 0.6) is 5.75 Å². The second-order valence-corrected chi connectivity index (χ2v) is 9.24. The average molecular weight is 440 g/mol. The van der Waals surface area contributed by atoms with Crippen LogP contribution < -0.4 is 9.46 Å². The number of rotatable bonds is 8. The number of hydrogen-bond acceptors (Lipinski definition) is 5. The van der Waals surface area contributed by atoms with Crippen molar-refractivity contribution in [1.82, 2.24) is 14.5 Å². The number of nitrogens with one attached hydrogen (secondary N) is 1. The first-order valence-corrected chi connectivity index (χ1v) is 11.8. The van der Waals surface area contributed by atoms with Gasteiger partial charge in [-0.1, -0.05) is 42.5 Å². The number of hydrogen-bond donors (Lipinski definition) is 1. The van der Waals surface area contributed by atoms with Crippen LogP contribution in [0.2, 0.25) is 0 Å². The second kappa shape index (κ2) is 8.83. The molecular formula is C22H21N3O3S2. The van der Waals surface area contributed by atoms with Crippen molar-refractivity contribution in [1.29, 1.82) is 0 Å². The number of thiophene rings is 1. The minimum absolute atomic E-state index is 0.161. The fraction of sp³-hybridized carbons (Fsp3) is 0.136. The Kier molecular flexibility index (Phi) is 5.98. The Morgan fingerprint density at radius 1 is 1.03 bits per heavy atom. The molecule has 0 spiro atoms. The quantitative estimate of drug-likeness (QED) is 0.448. The fourth-order valence-electron chi connectivity index (χ4n) is 3.16. The Morgan fingerprint density at radius 3 is 2.53 bits per heavy atom. The van der Waals surface area contributed by atoms with Crippen LogP contribution in [0.4, 0.5) is 0 Å². The van der Waals surface area contributed by atoms with Crippen molar-refractivity contribution in [3.8, 4) is 22.0 Å². The highest BCUT2D eigenvalue weighted by Crippen LogP contribution is 2.30. The van der Waals surface area contributed by atoms with Crippen LogP contribution in [0.3, 0.4) is 0 Å². The molecule has 30 heavy (non-hydrogen) atoms. The van der Waals surface area contributed by atoms with E-state index in [2.05, 4.69) is 9.82 Å². The molecule has 0 aliphatic rings. The Morgan fingerprint density at radius 2 is 1.80 bits per heavy atom. The third kappa shape index (κ3) is 4.30. The summed E-state index contributed by atoms with van der Waals surface area (Å²) in [6.45, 7) is 0.253. The average Bonchev–Trinajstić information content (AvgIpc) is 3.45. The predicted octanol–water partition coefficient (Wildman–Crippen LogP) is 4.13. The molecule has 0 saturated heterocycles. The summed E-state index contributed by atoms with van der Waals surface area (Å²) in [6, 6.07) is 20.8. The van der Waals surface area contributed by atoms with Gasteiger partial charge in [0.25, 0.3) is 0 Å². The summed E-state index contributed by atoms with van der Waals surface area (Å²) < 4.78 is 35.9. The van der Waals surface area contributed by atoms with Crippen LogP contribution in [0, 0.1) is 0 Å². The smallest absolute Gasteiger partial charge is 0.244 e. The predicted molar refractivity (Wildman–Crippen MR) is 119 cm³/mol. The number of para-hydroxylation sites is 2. The summed E-state index contributed by atoms with van der Waals surface area (Å²) in [5, 5.41) is 6.48. The van der Waals surface area contributed by atoms with E-state index in [9.17, 15) is 8.42 Å². The van der Waals surface area contributed by atoms with E-state index in [1.807, 2.05) is 72.1 Å². The van der Waals surface area contributed by atoms with Gasteiger partial charge in [0.05, 0.1) is 23.9 Å². The van der Waals surface area contributed by atoms with E-state index in [0.29, 0.717) is 12.1 Å². The van der Waals surface area contributed by atoms with E-state index in [1.165, 1.54) is 11.3 Å². The van der Waals surface area contributed by atoms with Crippen molar-refractivity contribution in [2.45, 2.75) is 11.3 Å². The van der Waals surface area contributed by atoms with E-state index in [4.69, 9.17) is 4.74 Å². The molecule has 1 N–H and O–H groups in total. The molecule has 0 amide bonds. The fourth-order valence-corrected chi connectivity index (χ4v) is 5.12. The molecule has 8 heteroatoms. The van der Waals surface area contributed by atoms with E-state index in [-0.39, 0.29) is 11.4 Å². The lowest BCUT2D eigenvalue weighted by Gasteiger charge is -2.09. The topological polar surface area (TPSA) is 73.2 Å². The molecular weight excluding hydrogens is 418 g/mol. The monoisotopic (exact) mass is 439 g/mol. The van der Waals surface area contributed by atoms with Crippen LogP contribution in [0.25, 0.3) is 16.3 Å². The summed E-state index contributed by atoms with van der Waals surface area (Å²) in [5.41, 5.74) is 2.19. The molecule has 4 rings (SSSR count). The molecule has 0 aliphatic heterocycles. The third-order valence-electron chi connectivity index (χ3n) is 4.62. The minimum Gasteiger partial charge on any atom is -0.496 e. The SMILES string of the molecule is COc1ccccc1CCNS(=O)(=O)c1cn(-c2ccccc2)nc1-c1cccs1. The van der Waals surface area contributed by atoms with E-state index >= 15 is 0 Å². The van der Waals surface area contributed by atoms with E-state index < -0.39 is 10.0 Å². The van der Waals surface area contributed by atoms with Gasteiger partial charge in [-0.15, -0.1) is 11.3 Å². The van der Waals surface area contributed by atoms with Gasteiger partial charge in [0, 0.05) is 6.54 Å². The number of aromatic nitrogens is 2. The normalized spacial score (nSPS) is 11.5. The summed E-state index contributed by atoms with van der Waals surface area (Å²) in [7, 11) is -2.16. The molecule has 2 aromatic carbocycles. The summed E-state index contributed by atoms with van der Waals surface area (Å²) in [6.07, 6.45) is 2.08. The van der Waals surface area contributed by atoms with Crippen molar-refractivity contribution in [3.63, 3.8) is 0 Å². The first kappa shape index (κ1) is 20.3. The maximum absolute atomic E-state index is 13.1. The number of nitrogens with zero attached hydrogens (tertiary/aromatic N) is 2. The van der Waals surface area contributed by atoms with Gasteiger partial charge in [-0.3, -0.25) is 0 Å². The number of ether oxygens (including phenoxy) is 1. The van der Waals surface area contributed by atoms with Gasteiger partial charge in [-0.05, 0) is 41.6 Å². The zero-order valence-corrected chi connectivity index (χ0v) is 18.0. The molecule has 0 fully saturated rings. The number of benzene rings is 2. The van der Waals surface area contributed by atoms with Crippen molar-refractivity contribution < 1.29 is 13.2 Å². The maximum Gasteiger partial charge on any atom is 0.244 e. The van der Waals surface area contributed by atoms with E-state index in [0.717, 1.165) is 21.9 Å². The summed E-state index contributed by atoms with van der Waals surface area (Å²) >= 11 is 1.46. The first-order valence-electron chi connectivity index (χ1n) is 9.39. The maximum atomic E-state index is 13.1. The summed E-state index contributed by atoms with van der Waals surface area (Å²) in [5.74, 6) is 0.743. The summed E-state index contributed by atoms with van der Waals surface area (Å²) in [4.78, 5) is 0.962. The number of sulfonamides is 1. The Bertz CT molecular complexity index is 1220. The standard InChI is InChI=1S/C22H21N3O3S2/c1-28-19-11-6-5-8-17(19)13-14-23-30(26,27)21-16-25(18-9-3-2-4-10-18)24-22(21)20-12-7-15-29-20/h2-12,15-16,23H,13-14H2,1H3. The van der Waals surface area contributed by atoms with Gasteiger partial charge < -0.3 is 4.74 Å². The van der Waals surface area contributed by atoms with Crippen LogP contribution in [-0.2, 0) is 16.4 Å². The molecule has 0 atom stereocenters. The van der Waals surface area contributed by atoms with Gasteiger partial charge in [0.1, 0.15) is 16.3 Å². The molecule has 0 saturated carbocycles. The van der Waals surface area contributed by atoms with Crippen LogP contribution in [0.1, 0.15) is 5.56 Å². The van der Waals surface area contributed by atoms with E-state index in [1.54, 1.807) is 18.0 Å². The number of methoxy groups -OCH3 is 1. The second-order valence-electron chi connectivity index (χ2n) is 6.56. The van der Waals surface area contributed by atoms with Crippen molar-refractivity contribution in [2.24, 2.45) is 0 Å². The lowest BCUT2D eigenvalue weighted by atomic mass is 10.1. The van der Waals surface area contributed by atoms with Crippen LogP contribution in [0.15, 0.2) is 83.2 Å². The van der Waals surface area contributed by atoms with Gasteiger partial charge in [0.2, 0.25) is 10.0 Å². The Balaban J connectivity index is 1.62. The zero-order chi connectivity index (χ0) is 21.0. The highest BCUT2D eigenvalue weighted by molar-refractivity contribution is 7.89. The molecule has 2 heterocycles. The van der Waals surface area contributed by atoms with Crippen molar-refractivity contribution >= 4 is 21.4 Å². The largest absolute Gasteiger partial charge is 0.496 e. The van der Waals surface area contributed by atoms with Gasteiger partial charge in [-0.2, -0.15) is 5.10 Å². The molecule has 0 unspecified atom stereocenters. The lowest BCUT2D eigenvalue weighted by Crippen LogP contribution is -2.26. The minimum atomic E-state index is -3.76. The van der Waals surface area contributed by atoms with Crippen molar-refractivity contribution in [2.75, 3.05) is 13.7 Å². The molecule has 154 valence electrons. The molecule has 4 aromatic rings. The molecule has 0 aliphatic carbocycles. The molecule has 0 bridgehead atoms. The van der Waals surface area contributed by atoms with Gasteiger partial charge >= 0.3 is 0 Å². The lowest BCUT2D eigenvalue weighted by molar-refractivity contribution is 0.409. The van der Waals surface area contributed by atoms with Crippen LogP contribution >= 0.6 is 11.3 Å². The van der Waals surface area contributed by atoms with Crippen LogP contribution in [-0.4, -0.2) is 31.9 Å². The third-order valence-corrected chi connectivity index (χ3v) is 6.96. The zero-order valence-electron chi connectivity index (χ0n) is 16.4. The highest BCUT2D eigenvalue weighted by atomic mass is 32.2. The van der Waals surface area contributed by atoms with Gasteiger partial charge in [-0.25, -0.2) is 17.8 Å². The Labute approximate surface area is 179 Å². The molecule has 2 aromatic heterocycles. The van der Waals surface area contributed by atoms with Crippen molar-refractivity contribution in [3.05, 3.63) is 83.9 Å². The van der Waals surface area contributed by atoms with Gasteiger partial charge in [0.15, 0.2) is 0 Å². The molecule has 0 radical (unpaired) electrons. The highest BCUT2D eigenvalue weighted by Gasteiger charge is 2.24. The Hall–Kier alpha value is -2.94.